The van der Waals surface area contributed by atoms with Gasteiger partial charge >= 0.3 is 0 Å². The second-order valence-corrected chi connectivity index (χ2v) is 11.2. The quantitative estimate of drug-likeness (QED) is 0.276. The molecule has 0 amide bonds. The van der Waals surface area contributed by atoms with Gasteiger partial charge in [-0.3, -0.25) is 9.52 Å². The first-order chi connectivity index (χ1) is 18.4. The summed E-state index contributed by atoms with van der Waals surface area (Å²) in [7, 11) is -3.70. The summed E-state index contributed by atoms with van der Waals surface area (Å²) in [4.78, 5) is 13.3. The Morgan fingerprint density at radius 3 is 2.59 bits per heavy atom. The van der Waals surface area contributed by atoms with E-state index in [4.69, 9.17) is 22.1 Å². The van der Waals surface area contributed by atoms with E-state index >= 15 is 4.39 Å². The number of nitrogen functional groups attached to an aromatic ring is 1. The Bertz CT molecular complexity index is 1780. The molecule has 1 heterocycles. The number of Topliss-reactive ketones (excluding diaryl/α,β-unsaturated/α-hetero) is 1. The van der Waals surface area contributed by atoms with E-state index in [-0.39, 0.29) is 34.9 Å². The molecular weight excluding hydrogens is 550 g/mol. The minimum Gasteiger partial charge on any atom is -0.456 e. The van der Waals surface area contributed by atoms with Crippen LogP contribution >= 0.6 is 11.6 Å². The van der Waals surface area contributed by atoms with E-state index in [0.717, 1.165) is 10.9 Å². The number of sulfonamides is 1. The predicted octanol–water partition coefficient (Wildman–Crippen LogP) is 5.68. The number of ether oxygens (including phenoxy) is 1. The highest BCUT2D eigenvalue weighted by atomic mass is 35.5. The van der Waals surface area contributed by atoms with Crippen LogP contribution in [0.3, 0.4) is 0 Å². The van der Waals surface area contributed by atoms with Crippen molar-refractivity contribution < 1.29 is 26.7 Å². The highest BCUT2D eigenvalue weighted by molar-refractivity contribution is 7.92. The van der Waals surface area contributed by atoms with Crippen molar-refractivity contribution >= 4 is 45.0 Å². The summed E-state index contributed by atoms with van der Waals surface area (Å²) in [6.45, 7) is 1.65. The predicted molar refractivity (Wildman–Crippen MR) is 145 cm³/mol. The number of benzene rings is 3. The number of rotatable bonds is 7. The van der Waals surface area contributed by atoms with Crippen molar-refractivity contribution in [2.45, 2.75) is 13.3 Å². The number of para-hydroxylation sites is 1. The van der Waals surface area contributed by atoms with Gasteiger partial charge in [-0.2, -0.15) is 5.10 Å². The van der Waals surface area contributed by atoms with Crippen LogP contribution in [-0.4, -0.2) is 30.2 Å². The second-order valence-electron chi connectivity index (χ2n) is 9.04. The van der Waals surface area contributed by atoms with Crippen LogP contribution in [0.25, 0.3) is 11.8 Å². The number of carbonyl (C=O) groups excluding carboxylic acids is 1. The number of hydrogen-bond donors (Lipinski definition) is 2. The molecule has 0 fully saturated rings. The molecule has 8 nitrogen and oxygen atoms in total. The van der Waals surface area contributed by atoms with Gasteiger partial charge in [0.15, 0.2) is 11.6 Å². The van der Waals surface area contributed by atoms with Crippen molar-refractivity contribution in [1.29, 1.82) is 0 Å². The van der Waals surface area contributed by atoms with Crippen LogP contribution in [0.5, 0.6) is 11.5 Å². The van der Waals surface area contributed by atoms with Gasteiger partial charge in [0, 0.05) is 18.1 Å². The summed E-state index contributed by atoms with van der Waals surface area (Å²) >= 11 is 6.13. The van der Waals surface area contributed by atoms with Crippen LogP contribution in [-0.2, 0) is 16.4 Å². The molecule has 1 aliphatic carbocycles. The number of nitrogens with zero attached hydrogens (tertiary/aromatic N) is 2. The molecular formula is C27H21ClF2N4O4S. The number of nitrogens with two attached hydrogens (primary N) is 1. The van der Waals surface area contributed by atoms with E-state index in [9.17, 15) is 17.6 Å². The lowest BCUT2D eigenvalue weighted by molar-refractivity contribution is 0.103. The smallest absolute Gasteiger partial charge is 0.229 e. The van der Waals surface area contributed by atoms with Gasteiger partial charge in [-0.25, -0.2) is 21.9 Å². The van der Waals surface area contributed by atoms with Gasteiger partial charge in [0.1, 0.15) is 28.8 Å². The maximum absolute atomic E-state index is 15.3. The molecule has 3 aromatic carbocycles. The van der Waals surface area contributed by atoms with Gasteiger partial charge < -0.3 is 10.5 Å². The average molecular weight is 571 g/mol. The number of aromatic nitrogens is 2. The van der Waals surface area contributed by atoms with E-state index in [0.29, 0.717) is 33.0 Å². The van der Waals surface area contributed by atoms with Crippen molar-refractivity contribution in [3.05, 3.63) is 99.2 Å². The molecule has 5 rings (SSSR count). The number of fused-ring (bicyclic) bond motifs is 1. The average Bonchev–Trinajstić information content (AvgIpc) is 3.42. The summed E-state index contributed by atoms with van der Waals surface area (Å²) in [5.74, 6) is -1.41. The first-order valence-electron chi connectivity index (χ1n) is 11.5. The van der Waals surface area contributed by atoms with Crippen LogP contribution in [0, 0.1) is 18.6 Å². The first kappa shape index (κ1) is 26.4. The molecule has 12 heteroatoms. The van der Waals surface area contributed by atoms with Crippen LogP contribution in [0.15, 0.2) is 60.3 Å². The number of allylic oxidation sites excluding steroid dienone is 1. The molecule has 0 aliphatic heterocycles. The molecule has 39 heavy (non-hydrogen) atoms. The lowest BCUT2D eigenvalue weighted by Crippen LogP contribution is -2.11. The van der Waals surface area contributed by atoms with Crippen molar-refractivity contribution in [3.8, 4) is 17.2 Å². The van der Waals surface area contributed by atoms with E-state index in [2.05, 4.69) is 9.82 Å². The number of carbonyl (C=O) groups is 1. The topological polar surface area (TPSA) is 116 Å². The van der Waals surface area contributed by atoms with Gasteiger partial charge in [0.05, 0.1) is 28.7 Å². The summed E-state index contributed by atoms with van der Waals surface area (Å²) in [5.41, 5.74) is 7.86. The van der Waals surface area contributed by atoms with Gasteiger partial charge in [0.25, 0.3) is 0 Å². The van der Waals surface area contributed by atoms with Crippen LogP contribution in [0.2, 0.25) is 5.02 Å². The van der Waals surface area contributed by atoms with E-state index in [1.54, 1.807) is 37.3 Å². The number of halogens is 3. The molecule has 3 N–H and O–H groups in total. The van der Waals surface area contributed by atoms with E-state index < -0.39 is 27.4 Å². The monoisotopic (exact) mass is 570 g/mol. The molecule has 4 aromatic rings. The van der Waals surface area contributed by atoms with Crippen LogP contribution in [0.1, 0.15) is 27.0 Å². The summed E-state index contributed by atoms with van der Waals surface area (Å²) in [6.07, 6.45) is 3.80. The third-order valence-corrected chi connectivity index (χ3v) is 6.98. The minimum absolute atomic E-state index is 0.0409. The third kappa shape index (κ3) is 5.23. The van der Waals surface area contributed by atoms with Crippen molar-refractivity contribution in [2.24, 2.45) is 0 Å². The standard InChI is InChI=1S/C27H21ClF2N4O4S/c1-14-7-18(38-24-6-4-3-5-20(24)28)12-22(30)25(14)34-27(31)19(13-32-34)26(35)17-8-15-10-21(29)23(11-16(15)9-17)33-39(2,36)37/h3-7,9-13,33H,8,31H2,1-2H3. The maximum atomic E-state index is 15.3. The molecule has 0 radical (unpaired) electrons. The Kier molecular flexibility index (Phi) is 6.65. The summed E-state index contributed by atoms with van der Waals surface area (Å²) in [6, 6.07) is 12.1. The van der Waals surface area contributed by atoms with Crippen molar-refractivity contribution in [2.75, 3.05) is 16.7 Å². The van der Waals surface area contributed by atoms with Gasteiger partial charge in [-0.15, -0.1) is 0 Å². The largest absolute Gasteiger partial charge is 0.456 e. The molecule has 0 bridgehead atoms. The Balaban J connectivity index is 1.42. The Morgan fingerprint density at radius 1 is 1.15 bits per heavy atom. The molecule has 0 saturated carbocycles. The number of aryl methyl sites for hydroxylation is 1. The SMILES string of the molecule is Cc1cc(Oc2ccccc2Cl)cc(F)c1-n1ncc(C(=O)C2=Cc3cc(NS(C)(=O)=O)c(F)cc3C2)c1N. The van der Waals surface area contributed by atoms with Crippen LogP contribution in [0.4, 0.5) is 20.3 Å². The van der Waals surface area contributed by atoms with Gasteiger partial charge in [0.2, 0.25) is 10.0 Å². The lowest BCUT2D eigenvalue weighted by atomic mass is 10.0. The molecule has 0 unspecified atom stereocenters. The van der Waals surface area contributed by atoms with Gasteiger partial charge in [-0.1, -0.05) is 23.7 Å². The summed E-state index contributed by atoms with van der Waals surface area (Å²) in [5, 5.41) is 4.52. The molecule has 0 saturated heterocycles. The second kappa shape index (κ2) is 9.83. The molecule has 0 spiro atoms. The molecule has 200 valence electrons. The number of hydrogen-bond acceptors (Lipinski definition) is 6. The lowest BCUT2D eigenvalue weighted by Gasteiger charge is -2.13. The number of ketones is 1. The maximum Gasteiger partial charge on any atom is 0.229 e. The highest BCUT2D eigenvalue weighted by Gasteiger charge is 2.26. The summed E-state index contributed by atoms with van der Waals surface area (Å²) < 4.78 is 61.7. The zero-order valence-corrected chi connectivity index (χ0v) is 22.2. The fraction of sp³-hybridized carbons (Fsp3) is 0.111. The van der Waals surface area contributed by atoms with Crippen molar-refractivity contribution in [3.63, 3.8) is 0 Å². The van der Waals surface area contributed by atoms with Crippen molar-refractivity contribution in [1.82, 2.24) is 9.78 Å². The third-order valence-electron chi connectivity index (χ3n) is 6.08. The highest BCUT2D eigenvalue weighted by Crippen LogP contribution is 2.35. The normalized spacial score (nSPS) is 12.7. The minimum atomic E-state index is -3.70. The molecule has 0 atom stereocenters. The first-order valence-corrected chi connectivity index (χ1v) is 13.8. The Labute approximate surface area is 227 Å². The zero-order chi connectivity index (χ0) is 28.1. The van der Waals surface area contributed by atoms with E-state index in [1.165, 1.54) is 30.5 Å². The molecule has 1 aromatic heterocycles. The number of anilines is 2. The van der Waals surface area contributed by atoms with Crippen LogP contribution < -0.4 is 15.2 Å². The van der Waals surface area contributed by atoms with E-state index in [1.807, 2.05) is 0 Å². The Morgan fingerprint density at radius 2 is 1.90 bits per heavy atom. The fourth-order valence-corrected chi connectivity index (χ4v) is 5.09. The van der Waals surface area contributed by atoms with Gasteiger partial charge in [-0.05, 0) is 60.0 Å². The number of nitrogens with one attached hydrogen (secondary N) is 1. The fourth-order valence-electron chi connectivity index (χ4n) is 4.36. The zero-order valence-electron chi connectivity index (χ0n) is 20.6. The Hall–Kier alpha value is -4.22. The molecule has 1 aliphatic rings.